The molecule has 2 aromatic heterocycles. The number of hydrogen-bond donors (Lipinski definition) is 1. The van der Waals surface area contributed by atoms with Crippen LogP contribution in [0, 0.1) is 10.4 Å². The molecule has 2 aromatic rings. The molecule has 0 aliphatic carbocycles. The molecule has 10 heteroatoms. The maximum absolute atomic E-state index is 12.5. The van der Waals surface area contributed by atoms with E-state index in [2.05, 4.69) is 24.9 Å². The molecule has 0 bridgehead atoms. The molecule has 10 nitrogen and oxygen atoms in total. The second kappa shape index (κ2) is 11.0. The summed E-state index contributed by atoms with van der Waals surface area (Å²) in [4.78, 5) is 44.4. The van der Waals surface area contributed by atoms with Crippen molar-refractivity contribution in [2.45, 2.75) is 0 Å². The predicted molar refractivity (Wildman–Crippen MR) is 122 cm³/mol. The van der Waals surface area contributed by atoms with Gasteiger partial charge < -0.3 is 13.3 Å². The van der Waals surface area contributed by atoms with Gasteiger partial charge in [-0.05, 0) is 36.4 Å². The number of nitrogens with one attached hydrogen (secondary N) is 1. The van der Waals surface area contributed by atoms with Gasteiger partial charge in [-0.15, -0.1) is 0 Å². The summed E-state index contributed by atoms with van der Waals surface area (Å²) in [7, 11) is 0. The SMILES string of the molecule is O=c1[nH]c(=O)c2cc3cccnc3nccoccoccoccnc3ncccc3cc1=2. The Morgan fingerprint density at radius 1 is 0.559 bits per heavy atom. The number of aromatic nitrogens is 5. The molecule has 0 saturated heterocycles. The summed E-state index contributed by atoms with van der Waals surface area (Å²) >= 11 is 0. The second-order valence-electron chi connectivity index (χ2n) is 6.51. The molecule has 4 rings (SSSR count). The van der Waals surface area contributed by atoms with Gasteiger partial charge in [0.05, 0.1) is 22.8 Å². The highest BCUT2D eigenvalue weighted by atomic mass is 16.4. The van der Waals surface area contributed by atoms with Crippen molar-refractivity contribution in [1.29, 1.82) is 0 Å². The maximum Gasteiger partial charge on any atom is 0.258 e. The van der Waals surface area contributed by atoms with Crippen molar-refractivity contribution in [2.75, 3.05) is 0 Å². The molecule has 0 saturated carbocycles. The summed E-state index contributed by atoms with van der Waals surface area (Å²) < 4.78 is 15.3. The van der Waals surface area contributed by atoms with Crippen molar-refractivity contribution in [3.8, 4) is 0 Å². The fraction of sp³-hybridized carbons (Fsp3) is 0. The Labute approximate surface area is 190 Å². The van der Waals surface area contributed by atoms with E-state index in [1.54, 1.807) is 48.8 Å². The van der Waals surface area contributed by atoms with Crippen molar-refractivity contribution in [1.82, 2.24) is 24.9 Å². The van der Waals surface area contributed by atoms with E-state index in [9.17, 15) is 9.59 Å². The number of nitrogens with zero attached hydrogens (tertiary/aromatic N) is 4. The molecule has 0 unspecified atom stereocenters. The number of aromatic amines is 1. The van der Waals surface area contributed by atoms with Gasteiger partial charge in [-0.25, -0.2) is 19.9 Å². The monoisotopic (exact) mass is 455 g/mol. The van der Waals surface area contributed by atoms with Crippen LogP contribution < -0.4 is 11.1 Å². The van der Waals surface area contributed by atoms with Crippen LogP contribution in [0.25, 0.3) is 22.1 Å². The topological polar surface area (TPSA) is 141 Å². The highest BCUT2D eigenvalue weighted by Gasteiger charge is 2.01. The third-order valence-corrected chi connectivity index (χ3v) is 4.34. The van der Waals surface area contributed by atoms with Gasteiger partial charge in [0.2, 0.25) is 0 Å². The standard InChI is InChI=1S/C24H17N5O5/c30-23-19-15-17-3-1-5-25-21(17)27-7-9-32-11-13-34-14-12-33-10-8-28-22-18(4-2-6-26-22)16-20(19)24(31)29-23/h1-16H,(H,29,30,31). The maximum atomic E-state index is 12.5. The van der Waals surface area contributed by atoms with Gasteiger partial charge in [-0.3, -0.25) is 14.6 Å². The first kappa shape index (κ1) is 22.1. The third-order valence-electron chi connectivity index (χ3n) is 4.34. The van der Waals surface area contributed by atoms with Crippen LogP contribution in [0.3, 0.4) is 0 Å². The molecule has 0 atom stereocenters. The van der Waals surface area contributed by atoms with Crippen molar-refractivity contribution < 1.29 is 13.3 Å². The largest absolute Gasteiger partial charge is 0.468 e. The quantitative estimate of drug-likeness (QED) is 0.421. The average Bonchev–Trinajstić information content (AvgIpc) is 3.10. The van der Waals surface area contributed by atoms with E-state index in [1.165, 1.54) is 50.0 Å². The molecule has 0 amide bonds. The van der Waals surface area contributed by atoms with E-state index in [0.29, 0.717) is 22.1 Å². The third kappa shape index (κ3) is 5.56. The Morgan fingerprint density at radius 3 is 1.44 bits per heavy atom. The number of pyridine rings is 2. The normalized spacial score (nSPS) is 10.0. The lowest BCUT2D eigenvalue weighted by atomic mass is 10.2. The van der Waals surface area contributed by atoms with Gasteiger partial charge in [-0.2, -0.15) is 0 Å². The molecule has 1 N–H and O–H groups in total. The lowest BCUT2D eigenvalue weighted by molar-refractivity contribution is 0.473. The first-order valence-corrected chi connectivity index (χ1v) is 9.90. The molecule has 4 heterocycles. The zero-order chi connectivity index (χ0) is 23.6. The number of hydrogen-bond acceptors (Lipinski definition) is 9. The van der Waals surface area contributed by atoms with E-state index in [1.807, 2.05) is 0 Å². The molecule has 2 aliphatic rings. The molecule has 0 fully saturated rings. The lowest BCUT2D eigenvalue weighted by Crippen LogP contribution is -2.07. The Kier molecular flexibility index (Phi) is 7.12. The van der Waals surface area contributed by atoms with E-state index in [-0.39, 0.29) is 10.4 Å². The Morgan fingerprint density at radius 2 is 0.971 bits per heavy atom. The summed E-state index contributed by atoms with van der Waals surface area (Å²) in [5.41, 5.74) is -0.406. The van der Waals surface area contributed by atoms with Crippen LogP contribution in [0.1, 0.15) is 0 Å². The summed E-state index contributed by atoms with van der Waals surface area (Å²) in [6.45, 7) is 0. The first-order chi connectivity index (χ1) is 16.7. The summed E-state index contributed by atoms with van der Waals surface area (Å²) in [6.07, 6.45) is 13.7. The minimum Gasteiger partial charge on any atom is -0.468 e. The van der Waals surface area contributed by atoms with Gasteiger partial charge in [-0.1, -0.05) is 0 Å². The smallest absolute Gasteiger partial charge is 0.258 e. The van der Waals surface area contributed by atoms with Crippen molar-refractivity contribution >= 4 is 22.1 Å². The zero-order valence-corrected chi connectivity index (χ0v) is 17.6. The van der Waals surface area contributed by atoms with Crippen LogP contribution >= 0.6 is 0 Å². The minimum absolute atomic E-state index is 0.166. The van der Waals surface area contributed by atoms with Gasteiger partial charge in [0.15, 0.2) is 11.3 Å². The van der Waals surface area contributed by atoms with Crippen LogP contribution in [0.15, 0.2) is 122 Å². The summed E-state index contributed by atoms with van der Waals surface area (Å²) in [5, 5.41) is 1.40. The minimum atomic E-state index is -0.532. The van der Waals surface area contributed by atoms with Crippen molar-refractivity contribution in [3.63, 3.8) is 0 Å². The zero-order valence-electron chi connectivity index (χ0n) is 17.6. The van der Waals surface area contributed by atoms with Gasteiger partial charge in [0, 0.05) is 23.2 Å². The van der Waals surface area contributed by atoms with Crippen LogP contribution in [0.4, 0.5) is 0 Å². The second-order valence-corrected chi connectivity index (χ2v) is 6.51. The Bertz CT molecular complexity index is 1610. The first-order valence-electron chi connectivity index (χ1n) is 9.90. The van der Waals surface area contributed by atoms with Crippen molar-refractivity contribution in [2.24, 2.45) is 0 Å². The molecule has 168 valence electrons. The number of rotatable bonds is 0. The molecule has 0 radical (unpaired) electrons. The molecular formula is C24H17N5O5. The van der Waals surface area contributed by atoms with Gasteiger partial charge >= 0.3 is 0 Å². The fourth-order valence-electron chi connectivity index (χ4n) is 2.88. The molecular weight excluding hydrogens is 438 g/mol. The van der Waals surface area contributed by atoms with E-state index >= 15 is 0 Å². The molecule has 0 spiro atoms. The van der Waals surface area contributed by atoms with Gasteiger partial charge in [0.1, 0.15) is 37.6 Å². The molecule has 0 aromatic carbocycles. The van der Waals surface area contributed by atoms with Crippen LogP contribution in [0.5, 0.6) is 0 Å². The molecule has 34 heavy (non-hydrogen) atoms. The van der Waals surface area contributed by atoms with E-state index in [4.69, 9.17) is 13.3 Å². The highest BCUT2D eigenvalue weighted by Crippen LogP contribution is 2.06. The fourth-order valence-corrected chi connectivity index (χ4v) is 2.88. The summed E-state index contributed by atoms with van der Waals surface area (Å²) in [5.74, 6) is 0. The van der Waals surface area contributed by atoms with Crippen LogP contribution in [-0.4, -0.2) is 24.9 Å². The Hall–Kier alpha value is -5.12. The predicted octanol–water partition coefficient (Wildman–Crippen LogP) is 3.62. The average molecular weight is 455 g/mol. The number of fused-ring (bicyclic) bond motifs is 2. The lowest BCUT2D eigenvalue weighted by Gasteiger charge is -1.90. The molecule has 2 aliphatic heterocycles. The van der Waals surface area contributed by atoms with E-state index < -0.39 is 11.1 Å². The van der Waals surface area contributed by atoms with Crippen molar-refractivity contribution in [3.05, 3.63) is 130 Å². The summed E-state index contributed by atoms with van der Waals surface area (Å²) in [6, 6.07) is 9.96. The van der Waals surface area contributed by atoms with Crippen LogP contribution in [-0.2, 0) is 0 Å². The van der Waals surface area contributed by atoms with E-state index in [0.717, 1.165) is 0 Å². The number of H-pyrrole nitrogens is 1. The highest BCUT2D eigenvalue weighted by molar-refractivity contribution is 5.74. The van der Waals surface area contributed by atoms with Gasteiger partial charge in [0.25, 0.3) is 11.1 Å². The Balaban J connectivity index is 2.16. The van der Waals surface area contributed by atoms with Crippen LogP contribution in [0.2, 0.25) is 0 Å².